The molecule has 0 aliphatic carbocycles. The van der Waals surface area contributed by atoms with E-state index >= 15 is 0 Å². The normalized spacial score (nSPS) is 23.3. The third kappa shape index (κ3) is 16.6. The molecule has 0 spiro atoms. The van der Waals surface area contributed by atoms with Gasteiger partial charge in [-0.2, -0.15) is 0 Å². The van der Waals surface area contributed by atoms with Crippen molar-refractivity contribution in [3.8, 4) is 0 Å². The second-order valence-electron chi connectivity index (χ2n) is 14.4. The highest BCUT2D eigenvalue weighted by atomic mass is 16.8. The summed E-state index contributed by atoms with van der Waals surface area (Å²) in [6.45, 7) is 4.73. The fourth-order valence-corrected chi connectivity index (χ4v) is 7.06. The van der Waals surface area contributed by atoms with Gasteiger partial charge in [-0.1, -0.05) is 173 Å². The van der Waals surface area contributed by atoms with Crippen LogP contribution in [0.3, 0.4) is 0 Å². The van der Waals surface area contributed by atoms with Crippen molar-refractivity contribution in [2.75, 3.05) is 13.7 Å². The summed E-state index contributed by atoms with van der Waals surface area (Å²) in [4.78, 5) is 26.4. The van der Waals surface area contributed by atoms with Crippen molar-refractivity contribution in [3.63, 3.8) is 0 Å². The standard InChI is InChI=1S/C42H70O8/c1-4-6-8-10-12-14-16-18-20-22-27-31-36(43)48-39-38-35(33-46-41(50-38)34-29-25-24-26-30-34)47-42(45-3)40(39)49-37(44)32-28-23-21-19-17-15-13-11-9-7-5-2/h24-26,29-30,35,38-42H,4-23,27-28,31-33H2,1-3H3/t35-,38-,39+,40-,41-,42+/m1/s1. The van der Waals surface area contributed by atoms with Crippen LogP contribution in [0.2, 0.25) is 0 Å². The van der Waals surface area contributed by atoms with Crippen molar-refractivity contribution < 1.29 is 38.0 Å². The lowest BCUT2D eigenvalue weighted by Gasteiger charge is -2.47. The van der Waals surface area contributed by atoms with Crippen LogP contribution in [-0.2, 0) is 38.0 Å². The average Bonchev–Trinajstić information content (AvgIpc) is 3.13. The average molecular weight is 703 g/mol. The molecule has 8 nitrogen and oxygen atoms in total. The number of carbonyl (C=O) groups is 2. The van der Waals surface area contributed by atoms with E-state index in [0.29, 0.717) is 12.8 Å². The van der Waals surface area contributed by atoms with Gasteiger partial charge < -0.3 is 28.4 Å². The first-order valence-electron chi connectivity index (χ1n) is 20.5. The summed E-state index contributed by atoms with van der Waals surface area (Å²) in [5.74, 6) is -0.660. The number of carbonyl (C=O) groups excluding carboxylic acids is 2. The Morgan fingerprint density at radius 3 is 1.50 bits per heavy atom. The van der Waals surface area contributed by atoms with Crippen LogP contribution in [0.5, 0.6) is 0 Å². The number of methoxy groups -OCH3 is 1. The first-order valence-corrected chi connectivity index (χ1v) is 20.5. The highest BCUT2D eigenvalue weighted by molar-refractivity contribution is 5.70. The number of ether oxygens (including phenoxy) is 6. The molecule has 286 valence electrons. The molecule has 8 heteroatoms. The van der Waals surface area contributed by atoms with E-state index in [0.717, 1.165) is 44.1 Å². The Hall–Kier alpha value is -2.00. The Morgan fingerprint density at radius 2 is 1.04 bits per heavy atom. The van der Waals surface area contributed by atoms with Crippen molar-refractivity contribution in [1.82, 2.24) is 0 Å². The first kappa shape index (κ1) is 42.4. The highest BCUT2D eigenvalue weighted by Gasteiger charge is 2.54. The van der Waals surface area contributed by atoms with Crippen LogP contribution in [0, 0.1) is 0 Å². The molecule has 0 N–H and O–H groups in total. The summed E-state index contributed by atoms with van der Waals surface area (Å²) in [6, 6.07) is 9.66. The van der Waals surface area contributed by atoms with Crippen molar-refractivity contribution in [2.24, 2.45) is 0 Å². The fourth-order valence-electron chi connectivity index (χ4n) is 7.06. The van der Waals surface area contributed by atoms with Crippen molar-refractivity contribution in [3.05, 3.63) is 35.9 Å². The molecular weight excluding hydrogens is 632 g/mol. The molecule has 0 saturated carbocycles. The number of esters is 2. The number of benzene rings is 1. The van der Waals surface area contributed by atoms with Gasteiger partial charge in [-0.15, -0.1) is 0 Å². The van der Waals surface area contributed by atoms with E-state index in [-0.39, 0.29) is 18.5 Å². The minimum Gasteiger partial charge on any atom is -0.455 e. The van der Waals surface area contributed by atoms with Gasteiger partial charge in [0.2, 0.25) is 0 Å². The number of hydrogen-bond acceptors (Lipinski definition) is 8. The van der Waals surface area contributed by atoms with E-state index in [1.807, 2.05) is 30.3 Å². The lowest BCUT2D eigenvalue weighted by molar-refractivity contribution is -0.359. The molecule has 0 amide bonds. The van der Waals surface area contributed by atoms with E-state index in [1.165, 1.54) is 110 Å². The van der Waals surface area contributed by atoms with E-state index in [4.69, 9.17) is 28.4 Å². The lowest BCUT2D eigenvalue weighted by Crippen LogP contribution is -2.64. The third-order valence-electron chi connectivity index (χ3n) is 10.1. The highest BCUT2D eigenvalue weighted by Crippen LogP contribution is 2.37. The summed E-state index contributed by atoms with van der Waals surface area (Å²) < 4.78 is 36.4. The maximum absolute atomic E-state index is 13.3. The summed E-state index contributed by atoms with van der Waals surface area (Å²) in [5, 5.41) is 0. The van der Waals surface area contributed by atoms with Gasteiger partial charge in [0.05, 0.1) is 6.61 Å². The first-order chi connectivity index (χ1) is 24.6. The van der Waals surface area contributed by atoms with Crippen LogP contribution in [0.1, 0.15) is 180 Å². The monoisotopic (exact) mass is 703 g/mol. The smallest absolute Gasteiger partial charge is 0.306 e. The number of hydrogen-bond donors (Lipinski definition) is 0. The van der Waals surface area contributed by atoms with Crippen LogP contribution in [-0.4, -0.2) is 56.4 Å². The van der Waals surface area contributed by atoms with Crippen LogP contribution >= 0.6 is 0 Å². The van der Waals surface area contributed by atoms with Gasteiger partial charge >= 0.3 is 11.9 Å². The van der Waals surface area contributed by atoms with Crippen molar-refractivity contribution in [2.45, 2.75) is 205 Å². The van der Waals surface area contributed by atoms with Gasteiger partial charge in [0, 0.05) is 25.5 Å². The van der Waals surface area contributed by atoms with E-state index in [2.05, 4.69) is 13.8 Å². The summed E-state index contributed by atoms with van der Waals surface area (Å²) in [7, 11) is 1.51. The van der Waals surface area contributed by atoms with Crippen LogP contribution in [0.4, 0.5) is 0 Å². The molecule has 6 atom stereocenters. The van der Waals surface area contributed by atoms with Gasteiger partial charge in [-0.25, -0.2) is 0 Å². The Labute approximate surface area is 304 Å². The molecule has 1 aromatic rings. The predicted octanol–water partition coefficient (Wildman–Crippen LogP) is 10.7. The quantitative estimate of drug-likeness (QED) is 0.0630. The third-order valence-corrected chi connectivity index (χ3v) is 10.1. The number of fused-ring (bicyclic) bond motifs is 1. The lowest BCUT2D eigenvalue weighted by atomic mass is 9.97. The van der Waals surface area contributed by atoms with Crippen LogP contribution in [0.25, 0.3) is 0 Å². The van der Waals surface area contributed by atoms with E-state index in [1.54, 1.807) is 0 Å². The minimum atomic E-state index is -0.947. The Morgan fingerprint density at radius 1 is 0.600 bits per heavy atom. The maximum Gasteiger partial charge on any atom is 0.306 e. The minimum absolute atomic E-state index is 0.232. The van der Waals surface area contributed by atoms with Gasteiger partial charge in [-0.3, -0.25) is 9.59 Å². The molecule has 2 aliphatic heterocycles. The Kier molecular flexibility index (Phi) is 22.7. The zero-order chi connectivity index (χ0) is 35.7. The topological polar surface area (TPSA) is 89.5 Å². The Bertz CT molecular complexity index is 1000. The maximum atomic E-state index is 13.3. The molecule has 2 saturated heterocycles. The van der Waals surface area contributed by atoms with Crippen LogP contribution in [0.15, 0.2) is 30.3 Å². The van der Waals surface area contributed by atoms with E-state index in [9.17, 15) is 9.59 Å². The predicted molar refractivity (Wildman–Crippen MR) is 198 cm³/mol. The molecule has 2 aliphatic rings. The van der Waals surface area contributed by atoms with Crippen molar-refractivity contribution >= 4 is 11.9 Å². The second-order valence-corrected chi connectivity index (χ2v) is 14.4. The SMILES string of the molecule is CCCCCCCCCCCCCC(=O)O[C@@H]1[C@@H](OC(=O)CCCCCCCCCCCCC)[C@@H](OC)O[C@@H]2CO[C@@H](c3ccccc3)O[C@@H]12. The summed E-state index contributed by atoms with van der Waals surface area (Å²) in [6.07, 6.45) is 22.5. The fraction of sp³-hybridized carbons (Fsp3) is 0.810. The largest absolute Gasteiger partial charge is 0.455 e. The number of unbranched alkanes of at least 4 members (excludes halogenated alkanes) is 20. The molecule has 0 aromatic heterocycles. The second kappa shape index (κ2) is 26.7. The van der Waals surface area contributed by atoms with Crippen LogP contribution < -0.4 is 0 Å². The molecule has 2 fully saturated rings. The molecule has 3 rings (SSSR count). The van der Waals surface area contributed by atoms with Gasteiger partial charge in [0.1, 0.15) is 12.2 Å². The summed E-state index contributed by atoms with van der Waals surface area (Å²) in [5.41, 5.74) is 0.857. The molecular formula is C42H70O8. The molecule has 1 aromatic carbocycles. The molecule has 0 bridgehead atoms. The van der Waals surface area contributed by atoms with Gasteiger partial charge in [-0.05, 0) is 12.8 Å². The molecule has 50 heavy (non-hydrogen) atoms. The Balaban J connectivity index is 1.49. The summed E-state index contributed by atoms with van der Waals surface area (Å²) >= 11 is 0. The zero-order valence-electron chi connectivity index (χ0n) is 31.8. The van der Waals surface area contributed by atoms with E-state index < -0.39 is 37.0 Å². The van der Waals surface area contributed by atoms with Gasteiger partial charge in [0.25, 0.3) is 0 Å². The van der Waals surface area contributed by atoms with Crippen molar-refractivity contribution in [1.29, 1.82) is 0 Å². The molecule has 0 radical (unpaired) electrons. The zero-order valence-corrected chi connectivity index (χ0v) is 31.8. The molecule has 2 heterocycles. The number of rotatable bonds is 28. The molecule has 0 unspecified atom stereocenters. The van der Waals surface area contributed by atoms with Gasteiger partial charge in [0.15, 0.2) is 24.8 Å².